The standard InChI is InChI=1S/C15H13NO3/c1-3-9-19-14-7-5-12(6-8-14)10-13(11-16)15(17)18-4-2/h1,5-8,10H,4,9H2,2H3. The number of benzene rings is 1. The Labute approximate surface area is 112 Å². The number of nitriles is 1. The van der Waals surface area contributed by atoms with Gasteiger partial charge in [-0.1, -0.05) is 18.1 Å². The Kier molecular flexibility index (Phi) is 5.72. The number of hydrogen-bond donors (Lipinski definition) is 0. The lowest BCUT2D eigenvalue weighted by molar-refractivity contribution is -0.137. The fourth-order valence-corrected chi connectivity index (χ4v) is 1.30. The largest absolute Gasteiger partial charge is 0.481 e. The highest BCUT2D eigenvalue weighted by molar-refractivity contribution is 5.97. The van der Waals surface area contributed by atoms with Gasteiger partial charge in [0.05, 0.1) is 6.61 Å². The Hall–Kier alpha value is -2.72. The molecule has 0 aliphatic carbocycles. The van der Waals surface area contributed by atoms with E-state index in [9.17, 15) is 4.79 Å². The zero-order valence-corrected chi connectivity index (χ0v) is 10.6. The maximum atomic E-state index is 11.4. The summed E-state index contributed by atoms with van der Waals surface area (Å²) < 4.78 is 9.98. The van der Waals surface area contributed by atoms with Gasteiger partial charge in [-0.05, 0) is 30.7 Å². The maximum absolute atomic E-state index is 11.4. The summed E-state index contributed by atoms with van der Waals surface area (Å²) >= 11 is 0. The third-order valence-electron chi connectivity index (χ3n) is 2.13. The highest BCUT2D eigenvalue weighted by atomic mass is 16.5. The van der Waals surface area contributed by atoms with Crippen molar-refractivity contribution in [3.63, 3.8) is 0 Å². The van der Waals surface area contributed by atoms with E-state index in [1.165, 1.54) is 6.08 Å². The van der Waals surface area contributed by atoms with Gasteiger partial charge in [-0.25, -0.2) is 4.79 Å². The Morgan fingerprint density at radius 3 is 2.63 bits per heavy atom. The van der Waals surface area contributed by atoms with Crippen molar-refractivity contribution in [1.29, 1.82) is 5.26 Å². The summed E-state index contributed by atoms with van der Waals surface area (Å²) in [5, 5.41) is 8.89. The molecule has 0 radical (unpaired) electrons. The first-order valence-corrected chi connectivity index (χ1v) is 5.66. The summed E-state index contributed by atoms with van der Waals surface area (Å²) in [6, 6.07) is 8.69. The highest BCUT2D eigenvalue weighted by Crippen LogP contribution is 2.14. The van der Waals surface area contributed by atoms with Gasteiger partial charge in [0.15, 0.2) is 0 Å². The first-order valence-electron chi connectivity index (χ1n) is 5.66. The molecule has 0 spiro atoms. The summed E-state index contributed by atoms with van der Waals surface area (Å²) in [6.45, 7) is 2.11. The van der Waals surface area contributed by atoms with Gasteiger partial charge in [0.25, 0.3) is 0 Å². The molecule has 0 saturated heterocycles. The molecule has 0 amide bonds. The van der Waals surface area contributed by atoms with Crippen LogP contribution >= 0.6 is 0 Å². The molecule has 0 aliphatic rings. The molecule has 0 heterocycles. The molecule has 4 nitrogen and oxygen atoms in total. The van der Waals surface area contributed by atoms with Crippen LogP contribution in [0.1, 0.15) is 12.5 Å². The van der Waals surface area contributed by atoms with E-state index in [1.54, 1.807) is 31.2 Å². The van der Waals surface area contributed by atoms with Crippen LogP contribution in [0, 0.1) is 23.7 Å². The lowest BCUT2D eigenvalue weighted by Crippen LogP contribution is -2.05. The molecule has 0 N–H and O–H groups in total. The van der Waals surface area contributed by atoms with Crippen LogP contribution in [0.25, 0.3) is 6.08 Å². The average Bonchev–Trinajstić information content (AvgIpc) is 2.44. The van der Waals surface area contributed by atoms with Gasteiger partial charge in [-0.2, -0.15) is 5.26 Å². The van der Waals surface area contributed by atoms with Crippen LogP contribution in [0.4, 0.5) is 0 Å². The second kappa shape index (κ2) is 7.58. The Morgan fingerprint density at radius 2 is 2.11 bits per heavy atom. The Bertz CT molecular complexity index is 544. The molecule has 0 aromatic heterocycles. The summed E-state index contributed by atoms with van der Waals surface area (Å²) in [4.78, 5) is 11.4. The Balaban J connectivity index is 2.83. The van der Waals surface area contributed by atoms with Crippen molar-refractivity contribution in [2.75, 3.05) is 13.2 Å². The number of terminal acetylenes is 1. The van der Waals surface area contributed by atoms with Crippen LogP contribution < -0.4 is 4.74 Å². The topological polar surface area (TPSA) is 59.3 Å². The molecular formula is C15H13NO3. The fourth-order valence-electron chi connectivity index (χ4n) is 1.30. The number of rotatable bonds is 5. The van der Waals surface area contributed by atoms with E-state index in [1.807, 2.05) is 6.07 Å². The molecule has 1 aromatic rings. The molecule has 19 heavy (non-hydrogen) atoms. The summed E-state index contributed by atoms with van der Waals surface area (Å²) in [5.41, 5.74) is 0.664. The zero-order chi connectivity index (χ0) is 14.1. The summed E-state index contributed by atoms with van der Waals surface area (Å²) in [5.74, 6) is 2.36. The molecule has 4 heteroatoms. The van der Waals surface area contributed by atoms with E-state index < -0.39 is 5.97 Å². The normalized spacial score (nSPS) is 10.2. The van der Waals surface area contributed by atoms with E-state index >= 15 is 0 Å². The van der Waals surface area contributed by atoms with Crippen LogP contribution in [0.15, 0.2) is 29.8 Å². The van der Waals surface area contributed by atoms with Crippen LogP contribution in [0.2, 0.25) is 0 Å². The summed E-state index contributed by atoms with van der Waals surface area (Å²) in [7, 11) is 0. The van der Waals surface area contributed by atoms with Gasteiger partial charge < -0.3 is 9.47 Å². The van der Waals surface area contributed by atoms with Crippen molar-refractivity contribution < 1.29 is 14.3 Å². The molecule has 0 bridgehead atoms. The lowest BCUT2D eigenvalue weighted by Gasteiger charge is -2.03. The van der Waals surface area contributed by atoms with Crippen molar-refractivity contribution in [3.8, 4) is 24.2 Å². The number of esters is 1. The van der Waals surface area contributed by atoms with Crippen LogP contribution in [0.3, 0.4) is 0 Å². The van der Waals surface area contributed by atoms with Gasteiger partial charge in [-0.3, -0.25) is 0 Å². The number of ether oxygens (including phenoxy) is 2. The van der Waals surface area contributed by atoms with E-state index in [4.69, 9.17) is 21.2 Å². The minimum atomic E-state index is -0.627. The van der Waals surface area contributed by atoms with Crippen molar-refractivity contribution in [1.82, 2.24) is 0 Å². The molecule has 1 rings (SSSR count). The zero-order valence-electron chi connectivity index (χ0n) is 10.6. The molecule has 0 fully saturated rings. The minimum Gasteiger partial charge on any atom is -0.481 e. The van der Waals surface area contributed by atoms with Crippen molar-refractivity contribution in [3.05, 3.63) is 35.4 Å². The third-order valence-corrected chi connectivity index (χ3v) is 2.13. The maximum Gasteiger partial charge on any atom is 0.348 e. The van der Waals surface area contributed by atoms with Crippen molar-refractivity contribution in [2.45, 2.75) is 6.92 Å². The third kappa shape index (κ3) is 4.57. The molecule has 1 aromatic carbocycles. The van der Waals surface area contributed by atoms with E-state index in [0.29, 0.717) is 11.3 Å². The number of carbonyl (C=O) groups is 1. The number of nitrogens with zero attached hydrogens (tertiary/aromatic N) is 1. The van der Waals surface area contributed by atoms with E-state index in [0.717, 1.165) is 0 Å². The smallest absolute Gasteiger partial charge is 0.348 e. The predicted octanol–water partition coefficient (Wildman–Crippen LogP) is 2.17. The van der Waals surface area contributed by atoms with Crippen LogP contribution in [-0.2, 0) is 9.53 Å². The van der Waals surface area contributed by atoms with Gasteiger partial charge in [0, 0.05) is 0 Å². The van der Waals surface area contributed by atoms with Gasteiger partial charge in [0.2, 0.25) is 0 Å². The van der Waals surface area contributed by atoms with Gasteiger partial charge >= 0.3 is 5.97 Å². The first kappa shape index (κ1) is 14.3. The molecule has 0 saturated carbocycles. The molecule has 96 valence electrons. The molecule has 0 atom stereocenters. The average molecular weight is 255 g/mol. The second-order valence-corrected chi connectivity index (χ2v) is 3.45. The highest BCUT2D eigenvalue weighted by Gasteiger charge is 2.09. The first-order chi connectivity index (χ1) is 9.21. The quantitative estimate of drug-likeness (QED) is 0.350. The Morgan fingerprint density at radius 1 is 1.42 bits per heavy atom. The van der Waals surface area contributed by atoms with Crippen molar-refractivity contribution >= 4 is 12.0 Å². The molecule has 0 aliphatic heterocycles. The SMILES string of the molecule is C#CCOc1ccc(C=C(C#N)C(=O)OCC)cc1. The number of carbonyl (C=O) groups excluding carboxylic acids is 1. The van der Waals surface area contributed by atoms with E-state index in [2.05, 4.69) is 5.92 Å². The van der Waals surface area contributed by atoms with Gasteiger partial charge in [-0.15, -0.1) is 6.42 Å². The monoisotopic (exact) mass is 255 g/mol. The van der Waals surface area contributed by atoms with Crippen LogP contribution in [-0.4, -0.2) is 19.2 Å². The van der Waals surface area contributed by atoms with Crippen LogP contribution in [0.5, 0.6) is 5.75 Å². The second-order valence-electron chi connectivity index (χ2n) is 3.45. The molecular weight excluding hydrogens is 242 g/mol. The van der Waals surface area contributed by atoms with E-state index in [-0.39, 0.29) is 18.8 Å². The summed E-state index contributed by atoms with van der Waals surface area (Å²) in [6.07, 6.45) is 6.54. The van der Waals surface area contributed by atoms with Crippen molar-refractivity contribution in [2.24, 2.45) is 0 Å². The van der Waals surface area contributed by atoms with Gasteiger partial charge in [0.1, 0.15) is 24.0 Å². The predicted molar refractivity (Wildman–Crippen MR) is 71.0 cm³/mol. The number of hydrogen-bond acceptors (Lipinski definition) is 4. The fraction of sp³-hybridized carbons (Fsp3) is 0.200. The molecule has 0 unspecified atom stereocenters. The lowest BCUT2D eigenvalue weighted by atomic mass is 10.1. The minimum absolute atomic E-state index is 0.0425.